The third-order valence-corrected chi connectivity index (χ3v) is 4.55. The topological polar surface area (TPSA) is 94.0 Å². The van der Waals surface area contributed by atoms with Crippen molar-refractivity contribution < 1.29 is 13.2 Å². The molecule has 2 rings (SSSR count). The van der Waals surface area contributed by atoms with Gasteiger partial charge in [0.15, 0.2) is 15.5 Å². The molecule has 1 aromatic heterocycles. The molecule has 0 saturated carbocycles. The van der Waals surface area contributed by atoms with Crippen molar-refractivity contribution in [2.24, 2.45) is 13.0 Å². The molecule has 2 heterocycles. The van der Waals surface area contributed by atoms with Crippen LogP contribution in [0, 0.1) is 5.92 Å². The second-order valence-electron chi connectivity index (χ2n) is 4.26. The first-order valence-corrected chi connectivity index (χ1v) is 7.13. The largest absolute Gasteiger partial charge is 0.350 e. The van der Waals surface area contributed by atoms with Crippen LogP contribution in [0.5, 0.6) is 0 Å². The minimum atomic E-state index is -2.89. The van der Waals surface area contributed by atoms with Crippen LogP contribution >= 0.6 is 0 Å². The summed E-state index contributed by atoms with van der Waals surface area (Å²) < 4.78 is 23.9. The van der Waals surface area contributed by atoms with Crippen LogP contribution in [0.3, 0.4) is 0 Å². The lowest BCUT2D eigenvalue weighted by Gasteiger charge is -2.07. The van der Waals surface area contributed by atoms with Gasteiger partial charge in [0, 0.05) is 13.6 Å². The fourth-order valence-corrected chi connectivity index (χ4v) is 3.67. The molecule has 0 spiro atoms. The van der Waals surface area contributed by atoms with Gasteiger partial charge in [0.05, 0.1) is 17.7 Å². The minimum Gasteiger partial charge on any atom is -0.350 e. The first-order valence-electron chi connectivity index (χ1n) is 5.31. The van der Waals surface area contributed by atoms with Gasteiger partial charge in [-0.1, -0.05) is 5.21 Å². The summed E-state index contributed by atoms with van der Waals surface area (Å²) in [5.74, 6) is 0.0786. The van der Waals surface area contributed by atoms with Gasteiger partial charge in [0.1, 0.15) is 0 Å². The molecule has 1 saturated heterocycles. The Morgan fingerprint density at radius 3 is 2.94 bits per heavy atom. The number of nitrogens with one attached hydrogen (secondary N) is 1. The summed E-state index contributed by atoms with van der Waals surface area (Å²) in [4.78, 5) is 11.6. The zero-order valence-electron chi connectivity index (χ0n) is 9.46. The van der Waals surface area contributed by atoms with E-state index in [-0.39, 0.29) is 29.0 Å². The van der Waals surface area contributed by atoms with Crippen LogP contribution in [-0.4, -0.2) is 47.4 Å². The van der Waals surface area contributed by atoms with E-state index < -0.39 is 9.84 Å². The Balaban J connectivity index is 1.85. The van der Waals surface area contributed by atoms with E-state index in [4.69, 9.17) is 0 Å². The summed E-state index contributed by atoms with van der Waals surface area (Å²) in [5, 5.41) is 10.00. The molecule has 1 fully saturated rings. The predicted molar refractivity (Wildman–Crippen MR) is 60.1 cm³/mol. The van der Waals surface area contributed by atoms with Crippen LogP contribution < -0.4 is 5.32 Å². The van der Waals surface area contributed by atoms with E-state index >= 15 is 0 Å². The van der Waals surface area contributed by atoms with Crippen molar-refractivity contribution in [2.75, 3.05) is 18.1 Å². The summed E-state index contributed by atoms with van der Waals surface area (Å²) >= 11 is 0. The molecule has 0 aliphatic carbocycles. The van der Waals surface area contributed by atoms with Crippen LogP contribution in [0.4, 0.5) is 0 Å². The van der Waals surface area contributed by atoms with Gasteiger partial charge in [0.25, 0.3) is 5.91 Å². The number of sulfone groups is 1. The van der Waals surface area contributed by atoms with Crippen LogP contribution in [0.15, 0.2) is 6.20 Å². The molecule has 1 N–H and O–H groups in total. The lowest BCUT2D eigenvalue weighted by molar-refractivity contribution is 0.0943. The lowest BCUT2D eigenvalue weighted by Crippen LogP contribution is -2.30. The van der Waals surface area contributed by atoms with Crippen molar-refractivity contribution in [2.45, 2.75) is 6.42 Å². The van der Waals surface area contributed by atoms with E-state index in [2.05, 4.69) is 15.6 Å². The molecule has 0 bridgehead atoms. The number of carbonyl (C=O) groups excluding carboxylic acids is 1. The summed E-state index contributed by atoms with van der Waals surface area (Å²) in [6.07, 6.45) is 2.13. The number of nitrogens with zero attached hydrogens (tertiary/aromatic N) is 3. The van der Waals surface area contributed by atoms with Gasteiger partial charge in [-0.2, -0.15) is 0 Å². The van der Waals surface area contributed by atoms with Gasteiger partial charge >= 0.3 is 0 Å². The Morgan fingerprint density at radius 1 is 1.65 bits per heavy atom. The maximum Gasteiger partial charge on any atom is 0.273 e. The SMILES string of the molecule is Cn1cc(C(=O)NCC2CCS(=O)(=O)C2)nn1. The fraction of sp³-hybridized carbons (Fsp3) is 0.667. The third-order valence-electron chi connectivity index (χ3n) is 2.71. The quantitative estimate of drug-likeness (QED) is 0.749. The van der Waals surface area contributed by atoms with E-state index in [0.29, 0.717) is 13.0 Å². The Bertz CT molecular complexity index is 522. The highest BCUT2D eigenvalue weighted by molar-refractivity contribution is 7.91. The highest BCUT2D eigenvalue weighted by atomic mass is 32.2. The number of aromatic nitrogens is 3. The van der Waals surface area contributed by atoms with E-state index in [0.717, 1.165) is 0 Å². The van der Waals surface area contributed by atoms with Crippen molar-refractivity contribution in [3.8, 4) is 0 Å². The Morgan fingerprint density at radius 2 is 2.41 bits per heavy atom. The molecule has 1 unspecified atom stereocenters. The monoisotopic (exact) mass is 258 g/mol. The first kappa shape index (κ1) is 12.0. The first-order chi connectivity index (χ1) is 7.96. The van der Waals surface area contributed by atoms with E-state index in [1.807, 2.05) is 0 Å². The maximum absolute atomic E-state index is 11.6. The van der Waals surface area contributed by atoms with Gasteiger partial charge in [0.2, 0.25) is 0 Å². The standard InChI is InChI=1S/C9H14N4O3S/c1-13-5-8(11-12-13)9(14)10-4-7-2-3-17(15,16)6-7/h5,7H,2-4,6H2,1H3,(H,10,14). The van der Waals surface area contributed by atoms with Gasteiger partial charge in [-0.3, -0.25) is 9.48 Å². The number of hydrogen-bond donors (Lipinski definition) is 1. The highest BCUT2D eigenvalue weighted by Gasteiger charge is 2.28. The van der Waals surface area contributed by atoms with Crippen LogP contribution in [-0.2, 0) is 16.9 Å². The normalized spacial score (nSPS) is 22.5. The van der Waals surface area contributed by atoms with Gasteiger partial charge in [-0.25, -0.2) is 8.42 Å². The second-order valence-corrected chi connectivity index (χ2v) is 6.49. The minimum absolute atomic E-state index is 0.0145. The molecule has 7 nitrogen and oxygen atoms in total. The molecule has 1 aliphatic rings. The average molecular weight is 258 g/mol. The average Bonchev–Trinajstić information content (AvgIpc) is 2.81. The number of aryl methyl sites for hydroxylation is 1. The molecule has 0 radical (unpaired) electrons. The summed E-state index contributed by atoms with van der Waals surface area (Å²) in [6, 6.07) is 0. The predicted octanol–water partition coefficient (Wildman–Crippen LogP) is -1.02. The van der Waals surface area contributed by atoms with E-state index in [9.17, 15) is 13.2 Å². The Kier molecular flexibility index (Phi) is 3.14. The van der Waals surface area contributed by atoms with Gasteiger partial charge in [-0.05, 0) is 12.3 Å². The zero-order valence-corrected chi connectivity index (χ0v) is 10.3. The molecule has 1 aliphatic heterocycles. The summed E-state index contributed by atoms with van der Waals surface area (Å²) in [6.45, 7) is 0.370. The van der Waals surface area contributed by atoms with E-state index in [1.165, 1.54) is 10.9 Å². The van der Waals surface area contributed by atoms with Crippen molar-refractivity contribution in [3.05, 3.63) is 11.9 Å². The summed E-state index contributed by atoms with van der Waals surface area (Å²) in [5.41, 5.74) is 0.244. The van der Waals surface area contributed by atoms with Crippen LogP contribution in [0.2, 0.25) is 0 Å². The Labute approximate surface area is 99.1 Å². The van der Waals surface area contributed by atoms with Gasteiger partial charge in [-0.15, -0.1) is 5.10 Å². The molecule has 17 heavy (non-hydrogen) atoms. The molecule has 0 aromatic carbocycles. The lowest BCUT2D eigenvalue weighted by atomic mass is 10.1. The van der Waals surface area contributed by atoms with Crippen molar-refractivity contribution in [1.29, 1.82) is 0 Å². The second kappa shape index (κ2) is 4.44. The van der Waals surface area contributed by atoms with Gasteiger partial charge < -0.3 is 5.32 Å². The third kappa shape index (κ3) is 3.02. The highest BCUT2D eigenvalue weighted by Crippen LogP contribution is 2.17. The number of carbonyl (C=O) groups is 1. The Hall–Kier alpha value is -1.44. The molecule has 1 atom stereocenters. The summed E-state index contributed by atoms with van der Waals surface area (Å²) in [7, 11) is -1.21. The van der Waals surface area contributed by atoms with E-state index in [1.54, 1.807) is 7.05 Å². The number of hydrogen-bond acceptors (Lipinski definition) is 5. The number of amides is 1. The zero-order chi connectivity index (χ0) is 12.5. The van der Waals surface area contributed by atoms with Crippen molar-refractivity contribution in [1.82, 2.24) is 20.3 Å². The molecular formula is C9H14N4O3S. The number of rotatable bonds is 3. The molecule has 1 amide bonds. The van der Waals surface area contributed by atoms with Crippen LogP contribution in [0.1, 0.15) is 16.9 Å². The van der Waals surface area contributed by atoms with Crippen LogP contribution in [0.25, 0.3) is 0 Å². The molecule has 1 aromatic rings. The molecular weight excluding hydrogens is 244 g/mol. The molecule has 8 heteroatoms. The smallest absolute Gasteiger partial charge is 0.273 e. The maximum atomic E-state index is 11.6. The van der Waals surface area contributed by atoms with Crippen molar-refractivity contribution in [3.63, 3.8) is 0 Å². The molecule has 94 valence electrons. The fourth-order valence-electron chi connectivity index (χ4n) is 1.81. The van der Waals surface area contributed by atoms with Crippen molar-refractivity contribution >= 4 is 15.7 Å².